The number of unbranched alkanes of at least 4 members (excludes halogenated alkanes) is 6. The lowest BCUT2D eigenvalue weighted by Gasteiger charge is -2.58. The van der Waals surface area contributed by atoms with Crippen LogP contribution in [0.25, 0.3) is 0 Å². The second-order valence-corrected chi connectivity index (χ2v) is 14.4. The van der Waals surface area contributed by atoms with Crippen molar-refractivity contribution in [2.24, 2.45) is 34.5 Å². The van der Waals surface area contributed by atoms with Gasteiger partial charge in [0.05, 0.1) is 6.61 Å². The third-order valence-corrected chi connectivity index (χ3v) is 12.4. The first-order valence-corrected chi connectivity index (χ1v) is 17.6. The Morgan fingerprint density at radius 3 is 2.45 bits per heavy atom. The molecule has 0 aromatic heterocycles. The van der Waals surface area contributed by atoms with Crippen molar-refractivity contribution < 1.29 is 14.3 Å². The maximum atomic E-state index is 12.4. The molecular weight excluding hydrogens is 494 g/mol. The Morgan fingerprint density at radius 1 is 0.900 bits per heavy atom. The van der Waals surface area contributed by atoms with E-state index >= 15 is 0 Å². The van der Waals surface area contributed by atoms with Gasteiger partial charge >= 0.3 is 6.16 Å². The number of hydrogen-bond acceptors (Lipinski definition) is 4. The van der Waals surface area contributed by atoms with Crippen molar-refractivity contribution in [3.05, 3.63) is 11.6 Å². The Bertz CT molecular complexity index is 821. The molecule has 0 N–H and O–H groups in total. The summed E-state index contributed by atoms with van der Waals surface area (Å²) in [7, 11) is 0. The molecule has 0 aromatic carbocycles. The fourth-order valence-electron chi connectivity index (χ4n) is 9.79. The van der Waals surface area contributed by atoms with Crippen LogP contribution in [-0.2, 0) is 9.47 Å². The number of hydrogen-bond donors (Lipinski definition) is 0. The minimum Gasteiger partial charge on any atom is -0.434 e. The Kier molecular flexibility index (Phi) is 11.9. The lowest BCUT2D eigenvalue weighted by Crippen LogP contribution is -2.50. The molecule has 4 heteroatoms. The smallest absolute Gasteiger partial charge is 0.434 e. The van der Waals surface area contributed by atoms with E-state index in [1.54, 1.807) is 5.57 Å². The lowest BCUT2D eigenvalue weighted by atomic mass is 9.47. The van der Waals surface area contributed by atoms with Gasteiger partial charge in [-0.2, -0.15) is 0 Å². The number of allylic oxidation sites excluding steroid dienone is 1. The highest BCUT2D eigenvalue weighted by Gasteiger charge is 2.58. The molecule has 0 aromatic rings. The van der Waals surface area contributed by atoms with E-state index in [2.05, 4.69) is 45.6 Å². The third-order valence-electron chi connectivity index (χ3n) is 12.4. The van der Waals surface area contributed by atoms with Crippen LogP contribution >= 0.6 is 0 Å². The normalized spacial score (nSPS) is 35.0. The van der Waals surface area contributed by atoms with E-state index < -0.39 is 6.16 Å². The summed E-state index contributed by atoms with van der Waals surface area (Å²) in [6, 6.07) is 0. The van der Waals surface area contributed by atoms with Crippen LogP contribution in [0.15, 0.2) is 11.6 Å². The molecule has 0 bridgehead atoms. The fraction of sp³-hybridized carbons (Fsp3) is 0.917. The molecule has 3 fully saturated rings. The summed E-state index contributed by atoms with van der Waals surface area (Å²) < 4.78 is 11.3. The first kappa shape index (κ1) is 31.9. The fourth-order valence-corrected chi connectivity index (χ4v) is 9.79. The average molecular weight is 558 g/mol. The zero-order chi connectivity index (χ0) is 28.6. The van der Waals surface area contributed by atoms with Gasteiger partial charge in [-0.25, -0.2) is 4.79 Å². The van der Waals surface area contributed by atoms with E-state index in [0.717, 1.165) is 75.4 Å². The van der Waals surface area contributed by atoms with Crippen LogP contribution in [-0.4, -0.2) is 43.4 Å². The van der Waals surface area contributed by atoms with Crippen molar-refractivity contribution in [3.63, 3.8) is 0 Å². The molecule has 7 unspecified atom stereocenters. The van der Waals surface area contributed by atoms with Gasteiger partial charge in [0.15, 0.2) is 0 Å². The minimum absolute atomic E-state index is 0.0129. The van der Waals surface area contributed by atoms with E-state index in [1.165, 1.54) is 77.0 Å². The molecule has 7 atom stereocenters. The van der Waals surface area contributed by atoms with Crippen LogP contribution in [0.2, 0.25) is 0 Å². The quantitative estimate of drug-likeness (QED) is 0.114. The SMILES string of the molecule is CCCCCCCCC1CCC2C3CC=C4CC(OC(=O)OCCCCN(CC)CC)CCC4(C)C3CCC12C. The van der Waals surface area contributed by atoms with Crippen molar-refractivity contribution >= 4 is 6.16 Å². The maximum Gasteiger partial charge on any atom is 0.508 e. The summed E-state index contributed by atoms with van der Waals surface area (Å²) >= 11 is 0. The first-order chi connectivity index (χ1) is 19.4. The van der Waals surface area contributed by atoms with Gasteiger partial charge in [-0.15, -0.1) is 0 Å². The summed E-state index contributed by atoms with van der Waals surface area (Å²) in [6.07, 6.45) is 24.2. The highest BCUT2D eigenvalue weighted by molar-refractivity contribution is 5.60. The Balaban J connectivity index is 1.24. The molecule has 4 rings (SSSR count). The Hall–Kier alpha value is -1.03. The topological polar surface area (TPSA) is 38.8 Å². The van der Waals surface area contributed by atoms with E-state index in [-0.39, 0.29) is 6.10 Å². The highest BCUT2D eigenvalue weighted by atomic mass is 16.7. The number of carbonyl (C=O) groups excluding carboxylic acids is 1. The molecule has 4 aliphatic carbocycles. The minimum atomic E-state index is -0.457. The predicted molar refractivity (Wildman–Crippen MR) is 166 cm³/mol. The van der Waals surface area contributed by atoms with Gasteiger partial charge in [0, 0.05) is 6.42 Å². The van der Waals surface area contributed by atoms with Gasteiger partial charge in [0.1, 0.15) is 6.10 Å². The first-order valence-electron chi connectivity index (χ1n) is 17.6. The van der Waals surface area contributed by atoms with E-state index in [4.69, 9.17) is 9.47 Å². The molecule has 0 radical (unpaired) electrons. The van der Waals surface area contributed by atoms with Gasteiger partial charge in [-0.3, -0.25) is 0 Å². The molecule has 0 heterocycles. The van der Waals surface area contributed by atoms with Crippen molar-refractivity contribution in [1.29, 1.82) is 0 Å². The molecule has 4 nitrogen and oxygen atoms in total. The van der Waals surface area contributed by atoms with Gasteiger partial charge in [0.2, 0.25) is 0 Å². The summed E-state index contributed by atoms with van der Waals surface area (Å²) in [5, 5.41) is 0. The molecule has 3 saturated carbocycles. The largest absolute Gasteiger partial charge is 0.508 e. The van der Waals surface area contributed by atoms with Crippen LogP contribution in [0.5, 0.6) is 0 Å². The highest BCUT2D eigenvalue weighted by Crippen LogP contribution is 2.66. The predicted octanol–water partition coefficient (Wildman–Crippen LogP) is 9.96. The third kappa shape index (κ3) is 7.30. The Morgan fingerprint density at radius 2 is 1.68 bits per heavy atom. The monoisotopic (exact) mass is 557 g/mol. The second-order valence-electron chi connectivity index (χ2n) is 14.4. The molecule has 4 aliphatic rings. The zero-order valence-corrected chi connectivity index (χ0v) is 27.0. The Labute approximate surface area is 247 Å². The lowest BCUT2D eigenvalue weighted by molar-refractivity contribution is -0.0563. The van der Waals surface area contributed by atoms with Gasteiger partial charge in [-0.1, -0.05) is 84.8 Å². The molecule has 230 valence electrons. The van der Waals surface area contributed by atoms with Crippen molar-refractivity contribution in [2.45, 2.75) is 150 Å². The van der Waals surface area contributed by atoms with Gasteiger partial charge in [-0.05, 0) is 118 Å². The molecular formula is C36H63NO3. The van der Waals surface area contributed by atoms with Crippen LogP contribution in [0.4, 0.5) is 4.79 Å². The summed E-state index contributed by atoms with van der Waals surface area (Å²) in [6.45, 7) is 15.7. The zero-order valence-electron chi connectivity index (χ0n) is 27.0. The number of fused-ring (bicyclic) bond motifs is 5. The number of carbonyl (C=O) groups is 1. The molecule has 40 heavy (non-hydrogen) atoms. The van der Waals surface area contributed by atoms with Crippen LogP contribution in [0, 0.1) is 34.5 Å². The summed E-state index contributed by atoms with van der Waals surface area (Å²) in [5.41, 5.74) is 2.46. The second kappa shape index (κ2) is 14.9. The molecule has 0 aliphatic heterocycles. The van der Waals surface area contributed by atoms with E-state index in [9.17, 15) is 4.79 Å². The summed E-state index contributed by atoms with van der Waals surface area (Å²) in [4.78, 5) is 14.9. The van der Waals surface area contributed by atoms with E-state index in [0.29, 0.717) is 17.4 Å². The van der Waals surface area contributed by atoms with Crippen LogP contribution in [0.1, 0.15) is 144 Å². The maximum absolute atomic E-state index is 12.4. The van der Waals surface area contributed by atoms with Gasteiger partial charge in [0.25, 0.3) is 0 Å². The molecule has 0 amide bonds. The number of rotatable bonds is 15. The van der Waals surface area contributed by atoms with Crippen molar-refractivity contribution in [2.75, 3.05) is 26.2 Å². The molecule has 0 saturated heterocycles. The van der Waals surface area contributed by atoms with E-state index in [1.807, 2.05) is 0 Å². The van der Waals surface area contributed by atoms with Gasteiger partial charge < -0.3 is 14.4 Å². The standard InChI is InChI=1S/C36H63NO3/c1-6-9-10-11-12-13-16-28-18-20-32-31-19-17-29-27-30(21-23-36(29,5)33(31)22-24-35(28,32)4)40-34(38)39-26-15-14-25-37(7-2)8-3/h17,28,30-33H,6-16,18-27H2,1-5H3. The summed E-state index contributed by atoms with van der Waals surface area (Å²) in [5.74, 6) is 3.55. The average Bonchev–Trinajstić information content (AvgIpc) is 3.29. The van der Waals surface area contributed by atoms with Crippen LogP contribution < -0.4 is 0 Å². The number of ether oxygens (including phenoxy) is 2. The number of nitrogens with zero attached hydrogens (tertiary/aromatic N) is 1. The van der Waals surface area contributed by atoms with Crippen molar-refractivity contribution in [3.8, 4) is 0 Å². The molecule has 0 spiro atoms. The van der Waals surface area contributed by atoms with Crippen molar-refractivity contribution in [1.82, 2.24) is 4.90 Å². The van der Waals surface area contributed by atoms with Crippen LogP contribution in [0.3, 0.4) is 0 Å².